The van der Waals surface area contributed by atoms with Gasteiger partial charge >= 0.3 is 5.97 Å². The van der Waals surface area contributed by atoms with Crippen LogP contribution < -0.4 is 0 Å². The Morgan fingerprint density at radius 1 is 1.52 bits per heavy atom. The lowest BCUT2D eigenvalue weighted by atomic mass is 10.0. The molecular weight excluding hydrogens is 274 g/mol. The number of esters is 1. The van der Waals surface area contributed by atoms with Crippen molar-refractivity contribution < 1.29 is 19.0 Å². The summed E-state index contributed by atoms with van der Waals surface area (Å²) in [5.74, 6) is -1.08. The molecular formula is C14H23N3O4. The lowest BCUT2D eigenvalue weighted by Crippen LogP contribution is -2.24. The van der Waals surface area contributed by atoms with Crippen molar-refractivity contribution in [1.29, 1.82) is 0 Å². The second kappa shape index (κ2) is 8.02. The Kier molecular flexibility index (Phi) is 6.68. The Morgan fingerprint density at radius 2 is 2.24 bits per heavy atom. The van der Waals surface area contributed by atoms with Gasteiger partial charge in [-0.1, -0.05) is 24.2 Å². The smallest absolute Gasteiger partial charge is 0.308 e. The summed E-state index contributed by atoms with van der Waals surface area (Å²) >= 11 is 0. The maximum atomic E-state index is 11.5. The maximum Gasteiger partial charge on any atom is 0.308 e. The van der Waals surface area contributed by atoms with Crippen LogP contribution in [0.5, 0.6) is 0 Å². The molecule has 0 aliphatic carbocycles. The molecule has 0 saturated carbocycles. The Balaban J connectivity index is 2.63. The molecule has 7 nitrogen and oxygen atoms in total. The molecule has 0 aromatic rings. The van der Waals surface area contributed by atoms with Gasteiger partial charge < -0.3 is 14.2 Å². The first kappa shape index (κ1) is 17.5. The molecule has 21 heavy (non-hydrogen) atoms. The van der Waals surface area contributed by atoms with Crippen molar-refractivity contribution in [1.82, 2.24) is 0 Å². The highest BCUT2D eigenvalue weighted by Crippen LogP contribution is 2.29. The van der Waals surface area contributed by atoms with Gasteiger partial charge in [0, 0.05) is 4.91 Å². The summed E-state index contributed by atoms with van der Waals surface area (Å²) in [6, 6.07) is 0. The zero-order chi connectivity index (χ0) is 15.9. The van der Waals surface area contributed by atoms with Gasteiger partial charge in [0.1, 0.15) is 6.10 Å². The van der Waals surface area contributed by atoms with Crippen molar-refractivity contribution in [3.8, 4) is 0 Å². The molecule has 1 fully saturated rings. The van der Waals surface area contributed by atoms with E-state index in [1.807, 2.05) is 32.9 Å². The zero-order valence-electron chi connectivity index (χ0n) is 13.0. The normalized spacial score (nSPS) is 25.5. The lowest BCUT2D eigenvalue weighted by molar-refractivity contribution is -0.145. The molecule has 3 atom stereocenters. The van der Waals surface area contributed by atoms with E-state index in [9.17, 15) is 4.79 Å². The molecule has 1 aliphatic heterocycles. The minimum absolute atomic E-state index is 0.155. The molecule has 1 rings (SSSR count). The molecule has 1 heterocycles. The maximum absolute atomic E-state index is 11.5. The standard InChI is InChI=1S/C14H23N3O4/c1-5-10(13(18)19-4)7-6-8-11-12(9-16-17-15)21-14(2,3)20-11/h6,8,10-12H,5,7,9H2,1-4H3/t10?,11-,12+/m0/s1. The number of rotatable bonds is 7. The highest BCUT2D eigenvalue weighted by Gasteiger charge is 2.39. The summed E-state index contributed by atoms with van der Waals surface area (Å²) in [4.78, 5) is 14.3. The van der Waals surface area contributed by atoms with Crippen molar-refractivity contribution in [2.45, 2.75) is 51.6 Å². The number of hydrogen-bond acceptors (Lipinski definition) is 5. The summed E-state index contributed by atoms with van der Waals surface area (Å²) in [7, 11) is 1.39. The van der Waals surface area contributed by atoms with E-state index in [2.05, 4.69) is 10.0 Å². The van der Waals surface area contributed by atoms with Crippen molar-refractivity contribution in [3.63, 3.8) is 0 Å². The van der Waals surface area contributed by atoms with Crippen LogP contribution in [0.1, 0.15) is 33.6 Å². The fraction of sp³-hybridized carbons (Fsp3) is 0.786. The van der Waals surface area contributed by atoms with E-state index in [-0.39, 0.29) is 30.6 Å². The van der Waals surface area contributed by atoms with Crippen LogP contribution in [0.2, 0.25) is 0 Å². The number of allylic oxidation sites excluding steroid dienone is 1. The van der Waals surface area contributed by atoms with Crippen LogP contribution in [-0.2, 0) is 19.0 Å². The molecule has 1 saturated heterocycles. The summed E-state index contributed by atoms with van der Waals surface area (Å²) in [6.45, 7) is 5.78. The molecule has 0 N–H and O–H groups in total. The first-order valence-corrected chi connectivity index (χ1v) is 7.04. The second-order valence-corrected chi connectivity index (χ2v) is 5.34. The summed E-state index contributed by atoms with van der Waals surface area (Å²) in [5, 5.41) is 3.54. The molecule has 0 spiro atoms. The summed E-state index contributed by atoms with van der Waals surface area (Å²) in [5.41, 5.74) is 8.40. The zero-order valence-corrected chi connectivity index (χ0v) is 13.0. The number of carbonyl (C=O) groups is 1. The predicted octanol–water partition coefficient (Wildman–Crippen LogP) is 2.96. The van der Waals surface area contributed by atoms with Gasteiger partial charge in [0.25, 0.3) is 0 Å². The molecule has 0 radical (unpaired) electrons. The molecule has 118 valence electrons. The van der Waals surface area contributed by atoms with Gasteiger partial charge in [0.15, 0.2) is 5.79 Å². The van der Waals surface area contributed by atoms with Gasteiger partial charge in [-0.2, -0.15) is 0 Å². The first-order chi connectivity index (χ1) is 9.93. The van der Waals surface area contributed by atoms with Gasteiger partial charge in [-0.15, -0.1) is 0 Å². The molecule has 0 aromatic carbocycles. The van der Waals surface area contributed by atoms with Crippen molar-refractivity contribution in [3.05, 3.63) is 22.6 Å². The van der Waals surface area contributed by atoms with Crippen LogP contribution in [0, 0.1) is 5.92 Å². The second-order valence-electron chi connectivity index (χ2n) is 5.34. The van der Waals surface area contributed by atoms with Crippen molar-refractivity contribution in [2.75, 3.05) is 13.7 Å². The number of carbonyl (C=O) groups excluding carboxylic acids is 1. The van der Waals surface area contributed by atoms with Gasteiger partial charge in [0.05, 0.1) is 25.7 Å². The van der Waals surface area contributed by atoms with Crippen LogP contribution in [0.15, 0.2) is 17.3 Å². The van der Waals surface area contributed by atoms with Crippen molar-refractivity contribution >= 4 is 5.97 Å². The molecule has 1 unspecified atom stereocenters. The fourth-order valence-corrected chi connectivity index (χ4v) is 2.26. The van der Waals surface area contributed by atoms with Crippen LogP contribution in [0.3, 0.4) is 0 Å². The number of methoxy groups -OCH3 is 1. The van der Waals surface area contributed by atoms with E-state index in [0.717, 1.165) is 0 Å². The van der Waals surface area contributed by atoms with Crippen LogP contribution in [-0.4, -0.2) is 37.6 Å². The highest BCUT2D eigenvalue weighted by atomic mass is 16.7. The Labute approximate surface area is 124 Å². The van der Waals surface area contributed by atoms with E-state index in [1.165, 1.54) is 7.11 Å². The number of azide groups is 1. The number of hydrogen-bond donors (Lipinski definition) is 0. The minimum Gasteiger partial charge on any atom is -0.469 e. The van der Waals surface area contributed by atoms with Crippen LogP contribution in [0.25, 0.3) is 10.4 Å². The molecule has 0 amide bonds. The van der Waals surface area contributed by atoms with Gasteiger partial charge in [0.2, 0.25) is 0 Å². The Morgan fingerprint density at radius 3 is 2.81 bits per heavy atom. The predicted molar refractivity (Wildman–Crippen MR) is 77.4 cm³/mol. The Bertz CT molecular complexity index is 430. The molecule has 0 bridgehead atoms. The first-order valence-electron chi connectivity index (χ1n) is 7.04. The summed E-state index contributed by atoms with van der Waals surface area (Å²) < 4.78 is 16.2. The Hall–Kier alpha value is -1.56. The minimum atomic E-state index is -0.711. The molecule has 0 aromatic heterocycles. The highest BCUT2D eigenvalue weighted by molar-refractivity contribution is 5.72. The van der Waals surface area contributed by atoms with Crippen LogP contribution in [0.4, 0.5) is 0 Å². The SMILES string of the molecule is CCC(CC=C[C@@H]1OC(C)(C)O[C@@H]1CN=[N+]=[N-])C(=O)OC. The van der Waals surface area contributed by atoms with Gasteiger partial charge in [-0.3, -0.25) is 4.79 Å². The van der Waals surface area contributed by atoms with Crippen molar-refractivity contribution in [2.24, 2.45) is 11.0 Å². The largest absolute Gasteiger partial charge is 0.469 e. The average molecular weight is 297 g/mol. The number of ether oxygens (including phenoxy) is 3. The van der Waals surface area contributed by atoms with E-state index < -0.39 is 5.79 Å². The third-order valence-electron chi connectivity index (χ3n) is 3.32. The van der Waals surface area contributed by atoms with E-state index >= 15 is 0 Å². The fourth-order valence-electron chi connectivity index (χ4n) is 2.26. The molecule has 7 heteroatoms. The average Bonchev–Trinajstić information content (AvgIpc) is 2.74. The van der Waals surface area contributed by atoms with Crippen LogP contribution >= 0.6 is 0 Å². The van der Waals surface area contributed by atoms with Gasteiger partial charge in [-0.05, 0) is 32.2 Å². The number of nitrogens with zero attached hydrogens (tertiary/aromatic N) is 3. The monoisotopic (exact) mass is 297 g/mol. The topological polar surface area (TPSA) is 93.5 Å². The third-order valence-corrected chi connectivity index (χ3v) is 3.32. The third kappa shape index (κ3) is 5.38. The summed E-state index contributed by atoms with van der Waals surface area (Å²) in [6.07, 6.45) is 4.44. The van der Waals surface area contributed by atoms with E-state index in [4.69, 9.17) is 19.7 Å². The van der Waals surface area contributed by atoms with Gasteiger partial charge in [-0.25, -0.2) is 0 Å². The molecule has 1 aliphatic rings. The quantitative estimate of drug-likeness (QED) is 0.237. The van der Waals surface area contributed by atoms with E-state index in [1.54, 1.807) is 0 Å². The lowest BCUT2D eigenvalue weighted by Gasteiger charge is -2.16. The van der Waals surface area contributed by atoms with E-state index in [0.29, 0.717) is 12.8 Å².